The number of alkyl halides is 2. The van der Waals surface area contributed by atoms with Crippen molar-refractivity contribution >= 4 is 35.7 Å². The summed E-state index contributed by atoms with van der Waals surface area (Å²) in [7, 11) is -5.78. The van der Waals surface area contributed by atoms with Gasteiger partial charge in [-0.3, -0.25) is 14.7 Å². The Kier molecular flexibility index (Phi) is 12.8. The molecule has 3 aromatic rings. The van der Waals surface area contributed by atoms with Crippen LogP contribution in [0.2, 0.25) is 25.7 Å². The second kappa shape index (κ2) is 16.7. The molecule has 2 aliphatic rings. The number of hydrogen-bond donors (Lipinski definition) is 0. The van der Waals surface area contributed by atoms with Gasteiger partial charge in [-0.15, -0.1) is 0 Å². The third-order valence-corrected chi connectivity index (χ3v) is 13.3. The monoisotopic (exact) mass is 758 g/mol. The average molecular weight is 759 g/mol. The lowest BCUT2D eigenvalue weighted by Crippen LogP contribution is -2.40. The Morgan fingerprint density at radius 1 is 1.06 bits per heavy atom. The van der Waals surface area contributed by atoms with Crippen LogP contribution < -0.4 is 4.31 Å². The first-order valence-electron chi connectivity index (χ1n) is 18.2. The number of unbranched alkanes of at least 4 members (excludes halogenated alkanes) is 1. The second-order valence-electron chi connectivity index (χ2n) is 15.1. The maximum Gasteiger partial charge on any atom is 0.269 e. The first-order valence-corrected chi connectivity index (χ1v) is 23.3. The van der Waals surface area contributed by atoms with Crippen LogP contribution in [0.1, 0.15) is 74.3 Å². The van der Waals surface area contributed by atoms with Crippen LogP contribution in [0, 0.1) is 13.8 Å². The van der Waals surface area contributed by atoms with Crippen LogP contribution in [0.4, 0.5) is 14.7 Å². The Morgan fingerprint density at radius 2 is 1.79 bits per heavy atom. The van der Waals surface area contributed by atoms with Crippen molar-refractivity contribution in [2.75, 3.05) is 24.2 Å². The zero-order valence-corrected chi connectivity index (χ0v) is 33.0. The Morgan fingerprint density at radius 3 is 2.44 bits per heavy atom. The summed E-state index contributed by atoms with van der Waals surface area (Å²) in [5.74, 6) is 0.860. The third kappa shape index (κ3) is 9.00. The van der Waals surface area contributed by atoms with E-state index < -0.39 is 36.7 Å². The van der Waals surface area contributed by atoms with E-state index in [2.05, 4.69) is 31.7 Å². The summed E-state index contributed by atoms with van der Waals surface area (Å²) in [5.41, 5.74) is 2.57. The standard InChI is InChI=1S/C38H52F2N4O6SSi/c1-7-8-15-35-41-38(18-11-12-19-38)37(45)43(35)23-29-16-17-31(30(22-29)24-49-25-34(39)40)32-13-9-10-14-33(32)51(46,47)44(26-48-20-21-52(4,5)6)36-27(2)28(3)42-50-36/h9-10,13-14,16-17,22,34H,7-8,11-12,15,18-21,23-26H2,1-6H3. The van der Waals surface area contributed by atoms with Gasteiger partial charge in [-0.1, -0.05) is 87.4 Å². The largest absolute Gasteiger partial charge is 0.371 e. The van der Waals surface area contributed by atoms with E-state index in [1.54, 1.807) is 43.0 Å². The quantitative estimate of drug-likeness (QED) is 0.0726. The number of amidine groups is 1. The molecule has 0 radical (unpaired) electrons. The molecule has 2 heterocycles. The number of carbonyl (C=O) groups is 1. The van der Waals surface area contributed by atoms with Crippen molar-refractivity contribution in [2.24, 2.45) is 4.99 Å². The Labute approximate surface area is 307 Å². The molecule has 52 heavy (non-hydrogen) atoms. The number of benzene rings is 2. The molecule has 5 rings (SSSR count). The summed E-state index contributed by atoms with van der Waals surface area (Å²) in [6.45, 7) is 11.6. The molecule has 0 unspecified atom stereocenters. The Balaban J connectivity index is 1.52. The van der Waals surface area contributed by atoms with E-state index in [-0.39, 0.29) is 36.6 Å². The number of sulfonamides is 1. The van der Waals surface area contributed by atoms with Gasteiger partial charge in [0.25, 0.3) is 22.4 Å². The number of halogens is 2. The van der Waals surface area contributed by atoms with Gasteiger partial charge in [-0.2, -0.15) is 0 Å². The highest BCUT2D eigenvalue weighted by molar-refractivity contribution is 7.93. The van der Waals surface area contributed by atoms with Crippen LogP contribution in [0.5, 0.6) is 0 Å². The van der Waals surface area contributed by atoms with Crippen molar-refractivity contribution in [3.05, 3.63) is 64.8 Å². The van der Waals surface area contributed by atoms with Crippen LogP contribution in [-0.2, 0) is 37.4 Å². The number of amides is 1. The molecular weight excluding hydrogens is 707 g/mol. The van der Waals surface area contributed by atoms with Gasteiger partial charge in [-0.25, -0.2) is 21.5 Å². The topological polar surface area (TPSA) is 115 Å². The van der Waals surface area contributed by atoms with Crippen LogP contribution in [0.3, 0.4) is 0 Å². The zero-order valence-electron chi connectivity index (χ0n) is 31.2. The molecule has 1 aromatic heterocycles. The molecule has 1 fully saturated rings. The molecule has 0 N–H and O–H groups in total. The summed E-state index contributed by atoms with van der Waals surface area (Å²) >= 11 is 0. The molecule has 0 saturated heterocycles. The molecule has 14 heteroatoms. The van der Waals surface area contributed by atoms with Gasteiger partial charge in [0.05, 0.1) is 23.7 Å². The maximum atomic E-state index is 14.7. The summed E-state index contributed by atoms with van der Waals surface area (Å²) in [5, 5.41) is 4.01. The van der Waals surface area contributed by atoms with Gasteiger partial charge >= 0.3 is 0 Å². The number of anilines is 1. The van der Waals surface area contributed by atoms with E-state index in [9.17, 15) is 22.0 Å². The summed E-state index contributed by atoms with van der Waals surface area (Å²) < 4.78 is 73.9. The number of nitrogens with zero attached hydrogens (tertiary/aromatic N) is 4. The van der Waals surface area contributed by atoms with Crippen molar-refractivity contribution in [3.63, 3.8) is 0 Å². The van der Waals surface area contributed by atoms with E-state index in [0.29, 0.717) is 41.0 Å². The lowest BCUT2D eigenvalue weighted by molar-refractivity contribution is -0.131. The predicted octanol–water partition coefficient (Wildman–Crippen LogP) is 8.49. The lowest BCUT2D eigenvalue weighted by Gasteiger charge is -2.25. The number of ether oxygens (including phenoxy) is 2. The summed E-state index contributed by atoms with van der Waals surface area (Å²) in [6, 6.07) is 12.8. The number of hydrogen-bond acceptors (Lipinski definition) is 8. The fourth-order valence-corrected chi connectivity index (χ4v) is 9.00. The number of aromatic nitrogens is 1. The molecule has 1 aliphatic heterocycles. The van der Waals surface area contributed by atoms with Crippen LogP contribution in [0.15, 0.2) is 56.9 Å². The molecule has 1 amide bonds. The van der Waals surface area contributed by atoms with Crippen molar-refractivity contribution in [3.8, 4) is 11.1 Å². The van der Waals surface area contributed by atoms with Crippen LogP contribution in [-0.4, -0.2) is 70.2 Å². The van der Waals surface area contributed by atoms with E-state index in [1.807, 2.05) is 12.1 Å². The highest BCUT2D eigenvalue weighted by atomic mass is 32.2. The normalized spacial score (nSPS) is 16.1. The van der Waals surface area contributed by atoms with Crippen LogP contribution in [0.25, 0.3) is 11.1 Å². The van der Waals surface area contributed by atoms with Crippen molar-refractivity contribution in [2.45, 2.75) is 121 Å². The minimum atomic E-state index is -4.32. The predicted molar refractivity (Wildman–Crippen MR) is 201 cm³/mol. The van der Waals surface area contributed by atoms with Gasteiger partial charge in [0, 0.05) is 32.2 Å². The van der Waals surface area contributed by atoms with E-state index in [4.69, 9.17) is 19.0 Å². The first kappa shape index (κ1) is 39.7. The zero-order chi connectivity index (χ0) is 37.7. The number of rotatable bonds is 18. The smallest absolute Gasteiger partial charge is 0.269 e. The minimum Gasteiger partial charge on any atom is -0.371 e. The van der Waals surface area contributed by atoms with E-state index in [1.165, 1.54) is 6.07 Å². The maximum absolute atomic E-state index is 14.7. The van der Waals surface area contributed by atoms with E-state index in [0.717, 1.165) is 60.3 Å². The van der Waals surface area contributed by atoms with Gasteiger partial charge < -0.3 is 14.0 Å². The van der Waals surface area contributed by atoms with Gasteiger partial charge in [0.2, 0.25) is 5.88 Å². The Bertz CT molecular complexity index is 1850. The van der Waals surface area contributed by atoms with Crippen molar-refractivity contribution in [1.82, 2.24) is 10.1 Å². The van der Waals surface area contributed by atoms with E-state index >= 15 is 0 Å². The number of aryl methyl sites for hydroxylation is 1. The summed E-state index contributed by atoms with van der Waals surface area (Å²) in [6.07, 6.45) is 3.29. The highest BCUT2D eigenvalue weighted by Crippen LogP contribution is 2.41. The molecule has 1 aliphatic carbocycles. The SMILES string of the molecule is CCCCC1=NC2(CCCC2)C(=O)N1Cc1ccc(-c2ccccc2S(=O)(=O)N(COCC[Si](C)(C)C)c2onc(C)c2C)c(COCC(F)F)c1. The van der Waals surface area contributed by atoms with Gasteiger partial charge in [0.15, 0.2) is 0 Å². The third-order valence-electron chi connectivity index (χ3n) is 9.80. The van der Waals surface area contributed by atoms with Crippen molar-refractivity contribution < 1.29 is 36.0 Å². The molecule has 2 aromatic carbocycles. The molecule has 0 bridgehead atoms. The molecule has 1 saturated carbocycles. The number of aliphatic imine (C=N–C) groups is 1. The fourth-order valence-electron chi connectivity index (χ4n) is 6.70. The number of carbonyl (C=O) groups excluding carboxylic acids is 1. The van der Waals surface area contributed by atoms with Crippen molar-refractivity contribution in [1.29, 1.82) is 0 Å². The minimum absolute atomic E-state index is 0.0113. The molecule has 10 nitrogen and oxygen atoms in total. The van der Waals surface area contributed by atoms with Gasteiger partial charge in [0.1, 0.15) is 24.7 Å². The van der Waals surface area contributed by atoms with Gasteiger partial charge in [-0.05, 0) is 61.9 Å². The van der Waals surface area contributed by atoms with Crippen LogP contribution >= 0.6 is 0 Å². The fraction of sp³-hybridized carbons (Fsp3) is 0.553. The average Bonchev–Trinajstić information content (AvgIpc) is 3.77. The summed E-state index contributed by atoms with van der Waals surface area (Å²) in [4.78, 5) is 20.6. The molecular formula is C38H52F2N4O6SSi. The second-order valence-corrected chi connectivity index (χ2v) is 22.5. The molecule has 1 spiro atoms. The highest BCUT2D eigenvalue weighted by Gasteiger charge is 2.49. The molecule has 284 valence electrons. The Hall–Kier alpha value is -3.46. The lowest BCUT2D eigenvalue weighted by atomic mass is 9.96. The first-order chi connectivity index (χ1) is 24.7. The molecule has 0 atom stereocenters.